The Morgan fingerprint density at radius 1 is 1.20 bits per heavy atom. The predicted molar refractivity (Wildman–Crippen MR) is 95.7 cm³/mol. The molecule has 2 heterocycles. The highest BCUT2D eigenvalue weighted by Crippen LogP contribution is 2.40. The number of unbranched alkanes of at least 4 members (excludes halogenated alkanes) is 1. The molecule has 0 aromatic heterocycles. The number of nitrogens with zero attached hydrogens (tertiary/aromatic N) is 2. The molecule has 0 atom stereocenters. The van der Waals surface area contributed by atoms with Crippen molar-refractivity contribution in [2.45, 2.75) is 44.6 Å². The first kappa shape index (κ1) is 17.9. The van der Waals surface area contributed by atoms with E-state index in [-0.39, 0.29) is 11.9 Å². The molecular formula is C20H27FN2O2. The van der Waals surface area contributed by atoms with E-state index in [0.717, 1.165) is 63.0 Å². The minimum Gasteiger partial charge on any atom is -0.436 e. The highest BCUT2D eigenvalue weighted by molar-refractivity contribution is 5.74. The Hall–Kier alpha value is -1.88. The summed E-state index contributed by atoms with van der Waals surface area (Å²) in [4.78, 5) is 16.3. The van der Waals surface area contributed by atoms with E-state index in [1.54, 1.807) is 4.90 Å². The van der Waals surface area contributed by atoms with E-state index in [1.807, 2.05) is 12.1 Å². The molecule has 0 bridgehead atoms. The van der Waals surface area contributed by atoms with Crippen LogP contribution in [-0.2, 0) is 11.2 Å². The first-order valence-corrected chi connectivity index (χ1v) is 9.21. The van der Waals surface area contributed by atoms with Gasteiger partial charge in [0.15, 0.2) is 5.60 Å². The average molecular weight is 346 g/mol. The molecule has 136 valence electrons. The van der Waals surface area contributed by atoms with Crippen molar-refractivity contribution in [3.8, 4) is 0 Å². The van der Waals surface area contributed by atoms with Crippen molar-refractivity contribution in [2.24, 2.45) is 0 Å². The zero-order valence-electron chi connectivity index (χ0n) is 15.0. The van der Waals surface area contributed by atoms with Gasteiger partial charge in [0.1, 0.15) is 5.82 Å². The zero-order valence-corrected chi connectivity index (χ0v) is 15.0. The summed E-state index contributed by atoms with van der Waals surface area (Å²) in [7, 11) is 0. The number of hydrogen-bond donors (Lipinski definition) is 0. The second-order valence-electron chi connectivity index (χ2n) is 7.03. The number of benzene rings is 1. The number of amides is 1. The van der Waals surface area contributed by atoms with Crippen LogP contribution in [-0.4, -0.2) is 47.7 Å². The van der Waals surface area contributed by atoms with Crippen molar-refractivity contribution < 1.29 is 13.9 Å². The summed E-state index contributed by atoms with van der Waals surface area (Å²) in [6.45, 7) is 9.68. The van der Waals surface area contributed by atoms with Gasteiger partial charge in [0.05, 0.1) is 5.70 Å². The fourth-order valence-electron chi connectivity index (χ4n) is 3.65. The van der Waals surface area contributed by atoms with Crippen LogP contribution in [0, 0.1) is 5.82 Å². The largest absolute Gasteiger partial charge is 0.436 e. The van der Waals surface area contributed by atoms with Crippen molar-refractivity contribution in [1.82, 2.24) is 9.80 Å². The first-order valence-electron chi connectivity index (χ1n) is 9.21. The molecule has 0 unspecified atom stereocenters. The summed E-state index contributed by atoms with van der Waals surface area (Å²) in [5.74, 6) is -0.196. The molecule has 2 aliphatic rings. The molecule has 5 heteroatoms. The lowest BCUT2D eigenvalue weighted by molar-refractivity contribution is 0.0150. The van der Waals surface area contributed by atoms with Crippen molar-refractivity contribution >= 4 is 6.09 Å². The van der Waals surface area contributed by atoms with Crippen LogP contribution in [0.3, 0.4) is 0 Å². The van der Waals surface area contributed by atoms with Gasteiger partial charge in [0, 0.05) is 39.0 Å². The third-order valence-electron chi connectivity index (χ3n) is 5.38. The van der Waals surface area contributed by atoms with Gasteiger partial charge in [-0.05, 0) is 30.5 Å². The van der Waals surface area contributed by atoms with Crippen LogP contribution < -0.4 is 0 Å². The van der Waals surface area contributed by atoms with E-state index in [1.165, 1.54) is 12.1 Å². The molecule has 2 fully saturated rings. The maximum Gasteiger partial charge on any atom is 0.415 e. The molecule has 2 aliphatic heterocycles. The van der Waals surface area contributed by atoms with Gasteiger partial charge < -0.3 is 9.64 Å². The smallest absolute Gasteiger partial charge is 0.415 e. The maximum absolute atomic E-state index is 13.0. The van der Waals surface area contributed by atoms with Crippen LogP contribution in [0.25, 0.3) is 0 Å². The van der Waals surface area contributed by atoms with Gasteiger partial charge in [-0.1, -0.05) is 32.1 Å². The Morgan fingerprint density at radius 3 is 2.52 bits per heavy atom. The van der Waals surface area contributed by atoms with E-state index in [9.17, 15) is 9.18 Å². The summed E-state index contributed by atoms with van der Waals surface area (Å²) in [5, 5.41) is 0. The van der Waals surface area contributed by atoms with Crippen LogP contribution in [0.15, 0.2) is 36.5 Å². The molecule has 1 aromatic carbocycles. The number of ether oxygens (including phenoxy) is 1. The number of carbonyl (C=O) groups excluding carboxylic acids is 1. The molecule has 0 radical (unpaired) electrons. The Labute approximate surface area is 149 Å². The third kappa shape index (κ3) is 3.87. The first-order chi connectivity index (χ1) is 12.0. The predicted octanol–water partition coefficient (Wildman–Crippen LogP) is 3.97. The summed E-state index contributed by atoms with van der Waals surface area (Å²) in [5.41, 5.74) is 1.48. The monoisotopic (exact) mass is 346 g/mol. The van der Waals surface area contributed by atoms with E-state index in [2.05, 4.69) is 18.4 Å². The molecule has 1 spiro atoms. The van der Waals surface area contributed by atoms with Crippen LogP contribution in [0.1, 0.15) is 38.2 Å². The summed E-state index contributed by atoms with van der Waals surface area (Å²) < 4.78 is 18.7. The van der Waals surface area contributed by atoms with Gasteiger partial charge >= 0.3 is 6.09 Å². The second kappa shape index (κ2) is 7.56. The fraction of sp³-hybridized carbons (Fsp3) is 0.550. The number of halogens is 1. The molecular weight excluding hydrogens is 319 g/mol. The summed E-state index contributed by atoms with van der Waals surface area (Å²) >= 11 is 0. The molecule has 25 heavy (non-hydrogen) atoms. The Morgan fingerprint density at radius 2 is 1.88 bits per heavy atom. The van der Waals surface area contributed by atoms with E-state index in [0.29, 0.717) is 6.54 Å². The Kier molecular flexibility index (Phi) is 5.42. The topological polar surface area (TPSA) is 32.8 Å². The van der Waals surface area contributed by atoms with Gasteiger partial charge in [0.25, 0.3) is 0 Å². The Bertz CT molecular complexity index is 621. The van der Waals surface area contributed by atoms with Gasteiger partial charge in [-0.15, -0.1) is 0 Å². The molecule has 0 aliphatic carbocycles. The van der Waals surface area contributed by atoms with E-state index >= 15 is 0 Å². The highest BCUT2D eigenvalue weighted by atomic mass is 19.1. The van der Waals surface area contributed by atoms with Gasteiger partial charge in [-0.3, -0.25) is 4.90 Å². The number of hydrogen-bond acceptors (Lipinski definition) is 3. The molecule has 0 N–H and O–H groups in total. The van der Waals surface area contributed by atoms with Gasteiger partial charge in [-0.25, -0.2) is 9.18 Å². The standard InChI is InChI=1S/C20H27FN2O2/c1-3-4-12-23-16(2)20(25-19(23)24)10-14-22(15-11-20)13-9-17-5-7-18(21)8-6-17/h5-8H,2-4,9-15H2,1H3. The van der Waals surface area contributed by atoms with Crippen LogP contribution >= 0.6 is 0 Å². The molecule has 1 amide bonds. The van der Waals surface area contributed by atoms with Crippen molar-refractivity contribution in [3.05, 3.63) is 47.9 Å². The van der Waals surface area contributed by atoms with Crippen LogP contribution in [0.2, 0.25) is 0 Å². The molecule has 4 nitrogen and oxygen atoms in total. The van der Waals surface area contributed by atoms with Crippen molar-refractivity contribution in [3.63, 3.8) is 0 Å². The molecule has 0 saturated carbocycles. The lowest BCUT2D eigenvalue weighted by Crippen LogP contribution is -2.46. The summed E-state index contributed by atoms with van der Waals surface area (Å²) in [6, 6.07) is 6.70. The van der Waals surface area contributed by atoms with E-state index in [4.69, 9.17) is 4.74 Å². The van der Waals surface area contributed by atoms with Crippen LogP contribution in [0.5, 0.6) is 0 Å². The SMILES string of the molecule is C=C1N(CCCC)C(=O)OC12CCN(CCc1ccc(F)cc1)CC2. The lowest BCUT2D eigenvalue weighted by Gasteiger charge is -2.38. The van der Waals surface area contributed by atoms with Gasteiger partial charge in [-0.2, -0.15) is 0 Å². The van der Waals surface area contributed by atoms with Crippen LogP contribution in [0.4, 0.5) is 9.18 Å². The van der Waals surface area contributed by atoms with Crippen molar-refractivity contribution in [2.75, 3.05) is 26.2 Å². The quantitative estimate of drug-likeness (QED) is 0.781. The van der Waals surface area contributed by atoms with E-state index < -0.39 is 5.60 Å². The minimum absolute atomic E-state index is 0.196. The lowest BCUT2D eigenvalue weighted by atomic mass is 9.88. The minimum atomic E-state index is -0.503. The maximum atomic E-state index is 13.0. The average Bonchev–Trinajstić information content (AvgIpc) is 2.84. The highest BCUT2D eigenvalue weighted by Gasteiger charge is 2.49. The number of piperidine rings is 1. The molecule has 1 aromatic rings. The fourth-order valence-corrected chi connectivity index (χ4v) is 3.65. The Balaban J connectivity index is 1.52. The van der Waals surface area contributed by atoms with Crippen molar-refractivity contribution in [1.29, 1.82) is 0 Å². The zero-order chi connectivity index (χ0) is 17.9. The third-order valence-corrected chi connectivity index (χ3v) is 5.38. The molecule has 3 rings (SSSR count). The molecule has 2 saturated heterocycles. The number of rotatable bonds is 6. The second-order valence-corrected chi connectivity index (χ2v) is 7.03. The normalized spacial score (nSPS) is 20.3. The summed E-state index contributed by atoms with van der Waals surface area (Å²) in [6.07, 6.45) is 4.26. The van der Waals surface area contributed by atoms with Gasteiger partial charge in [0.2, 0.25) is 0 Å². The number of carbonyl (C=O) groups is 1. The number of likely N-dealkylation sites (tertiary alicyclic amines) is 1.